The van der Waals surface area contributed by atoms with Crippen molar-refractivity contribution in [2.45, 2.75) is 40.7 Å². The van der Waals surface area contributed by atoms with Crippen molar-refractivity contribution in [3.05, 3.63) is 41.1 Å². The molecule has 1 aromatic carbocycles. The zero-order valence-corrected chi connectivity index (χ0v) is 12.7. The number of benzene rings is 1. The lowest BCUT2D eigenvalue weighted by Gasteiger charge is -2.05. The minimum absolute atomic E-state index is 0.629. The molecule has 0 atom stereocenters. The molecule has 0 aliphatic rings. The average Bonchev–Trinajstić information content (AvgIpc) is 2.83. The van der Waals surface area contributed by atoms with E-state index >= 15 is 0 Å². The Bertz CT molecular complexity index is 611. The van der Waals surface area contributed by atoms with E-state index in [4.69, 9.17) is 0 Å². The molecular formula is C17H22N2O. The SMILES string of the molecule is Cc1ccc(-c2nn(CCC(C)C)cc2C=O)cc1C. The van der Waals surface area contributed by atoms with Crippen molar-refractivity contribution in [3.8, 4) is 11.3 Å². The van der Waals surface area contributed by atoms with Crippen molar-refractivity contribution in [2.24, 2.45) is 5.92 Å². The molecule has 0 saturated carbocycles. The van der Waals surface area contributed by atoms with Gasteiger partial charge in [0.2, 0.25) is 0 Å². The van der Waals surface area contributed by atoms with Gasteiger partial charge in [0.05, 0.1) is 5.56 Å². The predicted molar refractivity (Wildman–Crippen MR) is 82.0 cm³/mol. The maximum Gasteiger partial charge on any atom is 0.153 e. The third-order valence-corrected chi connectivity index (χ3v) is 3.63. The highest BCUT2D eigenvalue weighted by Gasteiger charge is 2.11. The molecule has 0 amide bonds. The van der Waals surface area contributed by atoms with E-state index in [9.17, 15) is 4.79 Å². The number of nitrogens with zero attached hydrogens (tertiary/aromatic N) is 2. The second-order valence-corrected chi connectivity index (χ2v) is 5.80. The van der Waals surface area contributed by atoms with Crippen LogP contribution >= 0.6 is 0 Å². The van der Waals surface area contributed by atoms with Crippen LogP contribution in [-0.2, 0) is 6.54 Å². The highest BCUT2D eigenvalue weighted by molar-refractivity contribution is 5.85. The van der Waals surface area contributed by atoms with Gasteiger partial charge in [0.1, 0.15) is 5.69 Å². The van der Waals surface area contributed by atoms with Gasteiger partial charge in [-0.2, -0.15) is 5.10 Å². The van der Waals surface area contributed by atoms with Crippen LogP contribution in [-0.4, -0.2) is 16.1 Å². The van der Waals surface area contributed by atoms with E-state index in [1.807, 2.05) is 16.9 Å². The molecule has 0 spiro atoms. The summed E-state index contributed by atoms with van der Waals surface area (Å²) in [6, 6.07) is 6.20. The van der Waals surface area contributed by atoms with Gasteiger partial charge in [-0.25, -0.2) is 0 Å². The molecule has 0 radical (unpaired) electrons. The summed E-state index contributed by atoms with van der Waals surface area (Å²) < 4.78 is 1.88. The molecule has 2 rings (SSSR count). The first kappa shape index (κ1) is 14.5. The van der Waals surface area contributed by atoms with Crippen LogP contribution in [0.5, 0.6) is 0 Å². The number of aryl methyl sites for hydroxylation is 3. The third kappa shape index (κ3) is 3.16. The predicted octanol–water partition coefficient (Wildman–Crippen LogP) is 4.03. The molecule has 0 aliphatic heterocycles. The van der Waals surface area contributed by atoms with Crippen molar-refractivity contribution in [1.29, 1.82) is 0 Å². The van der Waals surface area contributed by atoms with Crippen LogP contribution in [0.4, 0.5) is 0 Å². The number of rotatable bonds is 5. The highest BCUT2D eigenvalue weighted by atomic mass is 16.1. The fourth-order valence-corrected chi connectivity index (χ4v) is 2.14. The summed E-state index contributed by atoms with van der Waals surface area (Å²) in [7, 11) is 0. The number of carbonyl (C=O) groups excluding carboxylic acids is 1. The molecule has 0 aliphatic carbocycles. The molecule has 2 aromatic rings. The van der Waals surface area contributed by atoms with Gasteiger partial charge in [0.15, 0.2) is 6.29 Å². The van der Waals surface area contributed by atoms with Gasteiger partial charge < -0.3 is 0 Å². The number of hydrogen-bond donors (Lipinski definition) is 0. The maximum atomic E-state index is 11.3. The van der Waals surface area contributed by atoms with Crippen LogP contribution in [0.2, 0.25) is 0 Å². The Kier molecular flexibility index (Phi) is 4.38. The largest absolute Gasteiger partial charge is 0.298 e. The topological polar surface area (TPSA) is 34.9 Å². The van der Waals surface area contributed by atoms with Crippen molar-refractivity contribution in [2.75, 3.05) is 0 Å². The van der Waals surface area contributed by atoms with Crippen LogP contribution in [0.25, 0.3) is 11.3 Å². The van der Waals surface area contributed by atoms with E-state index in [1.165, 1.54) is 11.1 Å². The highest BCUT2D eigenvalue weighted by Crippen LogP contribution is 2.23. The fraction of sp³-hybridized carbons (Fsp3) is 0.412. The smallest absolute Gasteiger partial charge is 0.153 e. The summed E-state index contributed by atoms with van der Waals surface area (Å²) in [5, 5.41) is 4.58. The van der Waals surface area contributed by atoms with E-state index in [1.54, 1.807) is 0 Å². The summed E-state index contributed by atoms with van der Waals surface area (Å²) in [4.78, 5) is 11.3. The zero-order valence-electron chi connectivity index (χ0n) is 12.7. The first-order chi connectivity index (χ1) is 9.51. The first-order valence-electron chi connectivity index (χ1n) is 7.11. The Morgan fingerprint density at radius 2 is 2.00 bits per heavy atom. The molecule has 0 bridgehead atoms. The van der Waals surface area contributed by atoms with E-state index in [-0.39, 0.29) is 0 Å². The molecule has 1 aromatic heterocycles. The number of aromatic nitrogens is 2. The lowest BCUT2D eigenvalue weighted by molar-refractivity contribution is 0.112. The van der Waals surface area contributed by atoms with Crippen molar-refractivity contribution in [1.82, 2.24) is 9.78 Å². The average molecular weight is 270 g/mol. The summed E-state index contributed by atoms with van der Waals surface area (Å²) in [6.07, 6.45) is 3.80. The molecule has 3 heteroatoms. The molecule has 1 heterocycles. The lowest BCUT2D eigenvalue weighted by Crippen LogP contribution is -2.02. The van der Waals surface area contributed by atoms with Gasteiger partial charge in [-0.1, -0.05) is 26.0 Å². The Hall–Kier alpha value is -1.90. The van der Waals surface area contributed by atoms with E-state index in [0.29, 0.717) is 11.5 Å². The van der Waals surface area contributed by atoms with Crippen LogP contribution in [0.1, 0.15) is 41.8 Å². The first-order valence-corrected chi connectivity index (χ1v) is 7.11. The van der Waals surface area contributed by atoms with E-state index in [0.717, 1.165) is 30.5 Å². The Morgan fingerprint density at radius 1 is 1.25 bits per heavy atom. The summed E-state index contributed by atoms with van der Waals surface area (Å²) in [5.41, 5.74) is 4.93. The third-order valence-electron chi connectivity index (χ3n) is 3.63. The fourth-order valence-electron chi connectivity index (χ4n) is 2.14. The summed E-state index contributed by atoms with van der Waals surface area (Å²) in [6.45, 7) is 9.39. The van der Waals surface area contributed by atoms with Gasteiger partial charge in [-0.05, 0) is 43.4 Å². The Morgan fingerprint density at radius 3 is 2.60 bits per heavy atom. The molecule has 0 saturated heterocycles. The molecule has 20 heavy (non-hydrogen) atoms. The minimum atomic E-state index is 0.629. The quantitative estimate of drug-likeness (QED) is 0.769. The van der Waals surface area contributed by atoms with Crippen LogP contribution in [0, 0.1) is 19.8 Å². The molecule has 0 unspecified atom stereocenters. The van der Waals surface area contributed by atoms with Crippen LogP contribution in [0.15, 0.2) is 24.4 Å². The normalized spacial score (nSPS) is 11.1. The van der Waals surface area contributed by atoms with Crippen LogP contribution < -0.4 is 0 Å². The number of aldehydes is 1. The molecule has 3 nitrogen and oxygen atoms in total. The van der Waals surface area contributed by atoms with Crippen molar-refractivity contribution in [3.63, 3.8) is 0 Å². The number of hydrogen-bond acceptors (Lipinski definition) is 2. The van der Waals surface area contributed by atoms with Gasteiger partial charge >= 0.3 is 0 Å². The molecule has 0 fully saturated rings. The maximum absolute atomic E-state index is 11.3. The van der Waals surface area contributed by atoms with E-state index in [2.05, 4.69) is 44.9 Å². The molecule has 106 valence electrons. The van der Waals surface area contributed by atoms with Gasteiger partial charge in [-0.15, -0.1) is 0 Å². The van der Waals surface area contributed by atoms with Crippen LogP contribution in [0.3, 0.4) is 0 Å². The van der Waals surface area contributed by atoms with Crippen molar-refractivity contribution < 1.29 is 4.79 Å². The minimum Gasteiger partial charge on any atom is -0.298 e. The summed E-state index contributed by atoms with van der Waals surface area (Å²) >= 11 is 0. The van der Waals surface area contributed by atoms with Crippen molar-refractivity contribution >= 4 is 6.29 Å². The van der Waals surface area contributed by atoms with Gasteiger partial charge in [0.25, 0.3) is 0 Å². The second-order valence-electron chi connectivity index (χ2n) is 5.80. The monoisotopic (exact) mass is 270 g/mol. The Balaban J connectivity index is 2.34. The Labute approximate surface area is 120 Å². The zero-order chi connectivity index (χ0) is 14.7. The standard InChI is InChI=1S/C17H22N2O/c1-12(2)7-8-19-10-16(11-20)17(18-19)15-6-5-13(3)14(4)9-15/h5-6,9-12H,7-8H2,1-4H3. The second kappa shape index (κ2) is 6.04. The number of carbonyl (C=O) groups is 1. The van der Waals surface area contributed by atoms with E-state index < -0.39 is 0 Å². The molecular weight excluding hydrogens is 248 g/mol. The summed E-state index contributed by atoms with van der Waals surface area (Å²) in [5.74, 6) is 0.629. The van der Waals surface area contributed by atoms with Gasteiger partial charge in [-0.3, -0.25) is 9.48 Å². The lowest BCUT2D eigenvalue weighted by atomic mass is 10.0. The molecule has 0 N–H and O–H groups in total. The van der Waals surface area contributed by atoms with Gasteiger partial charge in [0, 0.05) is 18.3 Å².